The molecule has 0 radical (unpaired) electrons. The molecule has 3 rings (SSSR count). The maximum atomic E-state index is 12.7. The Morgan fingerprint density at radius 3 is 2.33 bits per heavy atom. The summed E-state index contributed by atoms with van der Waals surface area (Å²) in [4.78, 5) is 30.8. The Balaban J connectivity index is 0.00000385. The van der Waals surface area contributed by atoms with E-state index in [-0.39, 0.29) is 54.4 Å². The zero-order valence-electron chi connectivity index (χ0n) is 19.9. The molecule has 1 saturated heterocycles. The van der Waals surface area contributed by atoms with Gasteiger partial charge in [0.1, 0.15) is 0 Å². The fraction of sp³-hybridized carbons (Fsp3) is 0.640. The van der Waals surface area contributed by atoms with E-state index in [0.717, 1.165) is 58.0 Å². The van der Waals surface area contributed by atoms with Gasteiger partial charge in [0, 0.05) is 26.2 Å². The Bertz CT molecular complexity index is 758. The first kappa shape index (κ1) is 27.4. The van der Waals surface area contributed by atoms with Crippen LogP contribution in [-0.4, -0.2) is 62.1 Å². The van der Waals surface area contributed by atoms with Gasteiger partial charge in [0.25, 0.3) is 0 Å². The van der Waals surface area contributed by atoms with E-state index in [9.17, 15) is 9.59 Å². The molecule has 8 heteroatoms. The molecule has 1 heterocycles. The average molecular weight is 571 g/mol. The monoisotopic (exact) mass is 570 g/mol. The average Bonchev–Trinajstić information content (AvgIpc) is 2.83. The van der Waals surface area contributed by atoms with Gasteiger partial charge >= 0.3 is 5.97 Å². The number of nitrogens with one attached hydrogen (secondary N) is 2. The zero-order valence-corrected chi connectivity index (χ0v) is 22.3. The largest absolute Gasteiger partial charge is 0.466 e. The number of hydrogen-bond acceptors (Lipinski definition) is 4. The molecule has 33 heavy (non-hydrogen) atoms. The topological polar surface area (TPSA) is 83.0 Å². The summed E-state index contributed by atoms with van der Waals surface area (Å²) in [6, 6.07) is 10.9. The lowest BCUT2D eigenvalue weighted by Gasteiger charge is -2.32. The first-order valence-electron chi connectivity index (χ1n) is 12.0. The van der Waals surface area contributed by atoms with Crippen LogP contribution in [0.15, 0.2) is 35.3 Å². The first-order chi connectivity index (χ1) is 15.6. The molecule has 0 aromatic heterocycles. The molecule has 2 fully saturated rings. The van der Waals surface area contributed by atoms with Crippen molar-refractivity contribution in [2.24, 2.45) is 16.8 Å². The predicted octanol–water partition coefficient (Wildman–Crippen LogP) is 3.37. The molecular formula is C25H39IN4O3. The van der Waals surface area contributed by atoms with E-state index in [4.69, 9.17) is 4.74 Å². The van der Waals surface area contributed by atoms with Crippen molar-refractivity contribution in [3.05, 3.63) is 35.9 Å². The second-order valence-corrected chi connectivity index (χ2v) is 8.88. The highest BCUT2D eigenvalue weighted by atomic mass is 127. The van der Waals surface area contributed by atoms with E-state index in [0.29, 0.717) is 18.5 Å². The summed E-state index contributed by atoms with van der Waals surface area (Å²) in [6.45, 7) is 4.17. The molecule has 1 saturated carbocycles. The molecule has 1 aromatic carbocycles. The van der Waals surface area contributed by atoms with Gasteiger partial charge in [-0.3, -0.25) is 14.6 Å². The summed E-state index contributed by atoms with van der Waals surface area (Å²) < 4.78 is 5.14. The molecule has 0 unspecified atom stereocenters. The SMILES string of the molecule is CCOC(=O)C1CCC(NC(=NC)NCC(=O)N2CCC(Cc3ccccc3)CC2)CC1.I. The molecule has 7 nitrogen and oxygen atoms in total. The van der Waals surface area contributed by atoms with Gasteiger partial charge < -0.3 is 20.3 Å². The number of benzene rings is 1. The number of amides is 1. The van der Waals surface area contributed by atoms with Crippen LogP contribution in [0, 0.1) is 11.8 Å². The Morgan fingerprint density at radius 1 is 1.06 bits per heavy atom. The number of carbonyl (C=O) groups is 2. The standard InChI is InChI=1S/C25H38N4O3.HI/c1-3-32-24(31)21-9-11-22(12-10-21)28-25(26-2)27-18-23(30)29-15-13-20(14-16-29)17-19-7-5-4-6-8-19;/h4-8,20-22H,3,9-18H2,1-2H3,(H2,26,27,28);1H. The van der Waals surface area contributed by atoms with E-state index >= 15 is 0 Å². The second-order valence-electron chi connectivity index (χ2n) is 8.88. The number of piperidine rings is 1. The summed E-state index contributed by atoms with van der Waals surface area (Å²) >= 11 is 0. The third-order valence-corrected chi connectivity index (χ3v) is 6.65. The van der Waals surface area contributed by atoms with Crippen LogP contribution in [0.2, 0.25) is 0 Å². The number of carbonyl (C=O) groups excluding carboxylic acids is 2. The highest BCUT2D eigenvalue weighted by Gasteiger charge is 2.28. The fourth-order valence-corrected chi connectivity index (χ4v) is 4.73. The Morgan fingerprint density at radius 2 is 1.73 bits per heavy atom. The molecule has 2 N–H and O–H groups in total. The number of likely N-dealkylation sites (tertiary alicyclic amines) is 1. The summed E-state index contributed by atoms with van der Waals surface area (Å²) in [7, 11) is 1.72. The van der Waals surface area contributed by atoms with Crippen molar-refractivity contribution in [1.82, 2.24) is 15.5 Å². The second kappa shape index (κ2) is 14.4. The molecule has 1 aliphatic heterocycles. The number of guanidine groups is 1. The number of hydrogen-bond donors (Lipinski definition) is 2. The molecule has 1 amide bonds. The van der Waals surface area contributed by atoms with Crippen molar-refractivity contribution in [3.63, 3.8) is 0 Å². The molecule has 0 bridgehead atoms. The van der Waals surface area contributed by atoms with Crippen LogP contribution >= 0.6 is 24.0 Å². The first-order valence-corrected chi connectivity index (χ1v) is 12.0. The van der Waals surface area contributed by atoms with Crippen molar-refractivity contribution in [3.8, 4) is 0 Å². The lowest BCUT2D eigenvalue weighted by atomic mass is 9.86. The summed E-state index contributed by atoms with van der Waals surface area (Å²) in [5, 5.41) is 6.58. The van der Waals surface area contributed by atoms with Gasteiger partial charge in [0.05, 0.1) is 19.1 Å². The molecule has 184 valence electrons. The lowest BCUT2D eigenvalue weighted by Crippen LogP contribution is -2.49. The molecular weight excluding hydrogens is 531 g/mol. The Kier molecular flexibility index (Phi) is 12.0. The minimum atomic E-state index is -0.0772. The number of esters is 1. The number of ether oxygens (including phenoxy) is 1. The molecule has 2 aliphatic rings. The van der Waals surface area contributed by atoms with Gasteiger partial charge in [-0.05, 0) is 63.4 Å². The van der Waals surface area contributed by atoms with Gasteiger partial charge in [0.2, 0.25) is 5.91 Å². The van der Waals surface area contributed by atoms with E-state index < -0.39 is 0 Å². The molecule has 1 aliphatic carbocycles. The van der Waals surface area contributed by atoms with Crippen LogP contribution in [0.5, 0.6) is 0 Å². The third kappa shape index (κ3) is 8.79. The van der Waals surface area contributed by atoms with Crippen molar-refractivity contribution >= 4 is 41.8 Å². The molecule has 0 atom stereocenters. The smallest absolute Gasteiger partial charge is 0.308 e. The van der Waals surface area contributed by atoms with Gasteiger partial charge in [0.15, 0.2) is 5.96 Å². The molecule has 1 aromatic rings. The van der Waals surface area contributed by atoms with Crippen LogP contribution < -0.4 is 10.6 Å². The minimum absolute atomic E-state index is 0. The maximum Gasteiger partial charge on any atom is 0.308 e. The maximum absolute atomic E-state index is 12.7. The Labute approximate surface area is 215 Å². The quantitative estimate of drug-likeness (QED) is 0.228. The predicted molar refractivity (Wildman–Crippen MR) is 142 cm³/mol. The van der Waals surface area contributed by atoms with Crippen molar-refractivity contribution < 1.29 is 14.3 Å². The Hall–Kier alpha value is -1.84. The zero-order chi connectivity index (χ0) is 22.8. The number of aliphatic imine (C=N–C) groups is 1. The highest BCUT2D eigenvalue weighted by molar-refractivity contribution is 14.0. The van der Waals surface area contributed by atoms with E-state index in [1.54, 1.807) is 7.05 Å². The number of nitrogens with zero attached hydrogens (tertiary/aromatic N) is 2. The molecule has 0 spiro atoms. The number of rotatable bonds is 7. The number of halogens is 1. The summed E-state index contributed by atoms with van der Waals surface area (Å²) in [6.07, 6.45) is 6.64. The van der Waals surface area contributed by atoms with Crippen molar-refractivity contribution in [1.29, 1.82) is 0 Å². The third-order valence-electron chi connectivity index (χ3n) is 6.65. The minimum Gasteiger partial charge on any atom is -0.466 e. The van der Waals surface area contributed by atoms with Gasteiger partial charge in [-0.2, -0.15) is 0 Å². The van der Waals surface area contributed by atoms with Crippen molar-refractivity contribution in [2.75, 3.05) is 33.3 Å². The van der Waals surface area contributed by atoms with Crippen molar-refractivity contribution in [2.45, 2.75) is 57.9 Å². The lowest BCUT2D eigenvalue weighted by molar-refractivity contribution is -0.149. The van der Waals surface area contributed by atoms with Crippen LogP contribution in [0.3, 0.4) is 0 Å². The summed E-state index contributed by atoms with van der Waals surface area (Å²) in [5.41, 5.74) is 1.38. The van der Waals surface area contributed by atoms with Gasteiger partial charge in [-0.15, -0.1) is 24.0 Å². The van der Waals surface area contributed by atoms with Crippen LogP contribution in [-0.2, 0) is 20.7 Å². The fourth-order valence-electron chi connectivity index (χ4n) is 4.73. The normalized spacial score (nSPS) is 21.6. The summed E-state index contributed by atoms with van der Waals surface area (Å²) in [5.74, 6) is 1.35. The van der Waals surface area contributed by atoms with E-state index in [1.807, 2.05) is 11.8 Å². The van der Waals surface area contributed by atoms with Gasteiger partial charge in [-0.25, -0.2) is 0 Å². The van der Waals surface area contributed by atoms with Gasteiger partial charge in [-0.1, -0.05) is 30.3 Å². The van der Waals surface area contributed by atoms with E-state index in [1.165, 1.54) is 5.56 Å². The van der Waals surface area contributed by atoms with E-state index in [2.05, 4.69) is 46.0 Å². The van der Waals surface area contributed by atoms with Crippen LogP contribution in [0.1, 0.15) is 51.0 Å². The van der Waals surface area contributed by atoms with Crippen LogP contribution in [0.4, 0.5) is 0 Å². The van der Waals surface area contributed by atoms with Crippen LogP contribution in [0.25, 0.3) is 0 Å². The highest BCUT2D eigenvalue weighted by Crippen LogP contribution is 2.25.